The van der Waals surface area contributed by atoms with E-state index in [0.29, 0.717) is 18.3 Å². The Balaban J connectivity index is 2.14. The predicted octanol–water partition coefficient (Wildman–Crippen LogP) is 3.31. The molecule has 1 fully saturated rings. The lowest BCUT2D eigenvalue weighted by Gasteiger charge is -2.18. The quantitative estimate of drug-likeness (QED) is 0.784. The van der Waals surface area contributed by atoms with Gasteiger partial charge in [-0.15, -0.1) is 0 Å². The minimum atomic E-state index is -0.367. The molecule has 0 radical (unpaired) electrons. The van der Waals surface area contributed by atoms with Crippen LogP contribution in [0.15, 0.2) is 12.3 Å². The van der Waals surface area contributed by atoms with Gasteiger partial charge in [0.05, 0.1) is 12.8 Å². The van der Waals surface area contributed by atoms with Gasteiger partial charge in [-0.3, -0.25) is 4.98 Å². The Hall–Kier alpha value is -1.12. The van der Waals surface area contributed by atoms with E-state index in [2.05, 4.69) is 25.8 Å². The van der Waals surface area contributed by atoms with Crippen LogP contribution in [0.2, 0.25) is 0 Å². The maximum atomic E-state index is 13.4. The van der Waals surface area contributed by atoms with Gasteiger partial charge in [0.15, 0.2) is 11.6 Å². The highest BCUT2D eigenvalue weighted by Gasteiger charge is 2.23. The minimum absolute atomic E-state index is 0.0780. The Morgan fingerprint density at radius 2 is 2.12 bits per heavy atom. The Morgan fingerprint density at radius 3 is 2.69 bits per heavy atom. The van der Waals surface area contributed by atoms with E-state index in [1.165, 1.54) is 19.0 Å². The van der Waals surface area contributed by atoms with Gasteiger partial charge in [0, 0.05) is 17.2 Å². The first-order valence-electron chi connectivity index (χ1n) is 5.75. The molecule has 0 aromatic carbocycles. The molecule has 0 N–H and O–H groups in total. The fourth-order valence-corrected chi connectivity index (χ4v) is 1.43. The Bertz CT molecular complexity index is 380. The molecule has 2 rings (SSSR count). The van der Waals surface area contributed by atoms with Crippen molar-refractivity contribution in [2.75, 3.05) is 6.61 Å². The van der Waals surface area contributed by atoms with Gasteiger partial charge in [0.1, 0.15) is 0 Å². The van der Waals surface area contributed by atoms with Gasteiger partial charge in [-0.05, 0) is 18.8 Å². The van der Waals surface area contributed by atoms with Crippen molar-refractivity contribution in [1.82, 2.24) is 4.98 Å². The highest BCUT2D eigenvalue weighted by molar-refractivity contribution is 5.28. The summed E-state index contributed by atoms with van der Waals surface area (Å²) >= 11 is 0. The standard InChI is InChI=1S/C13H18FNO/c1-13(2,3)12-6-11(10(14)7-15-12)16-8-9-4-5-9/h6-7,9H,4-5,8H2,1-3H3. The number of rotatable bonds is 3. The third-order valence-electron chi connectivity index (χ3n) is 2.76. The highest BCUT2D eigenvalue weighted by atomic mass is 19.1. The third kappa shape index (κ3) is 2.71. The molecule has 1 aliphatic carbocycles. The first-order valence-corrected chi connectivity index (χ1v) is 5.75. The monoisotopic (exact) mass is 223 g/mol. The molecule has 0 amide bonds. The van der Waals surface area contributed by atoms with Gasteiger partial charge >= 0.3 is 0 Å². The van der Waals surface area contributed by atoms with Crippen LogP contribution in [0, 0.1) is 11.7 Å². The second kappa shape index (κ2) is 4.04. The Kier molecular flexibility index (Phi) is 2.87. The fourth-order valence-electron chi connectivity index (χ4n) is 1.43. The summed E-state index contributed by atoms with van der Waals surface area (Å²) in [7, 11) is 0. The molecule has 0 bridgehead atoms. The van der Waals surface area contributed by atoms with Crippen LogP contribution in [0.25, 0.3) is 0 Å². The molecule has 0 spiro atoms. The average Bonchev–Trinajstić information content (AvgIpc) is 2.98. The van der Waals surface area contributed by atoms with E-state index in [1.54, 1.807) is 6.07 Å². The molecule has 1 aliphatic rings. The van der Waals surface area contributed by atoms with E-state index < -0.39 is 0 Å². The van der Waals surface area contributed by atoms with Crippen LogP contribution in [0.1, 0.15) is 39.3 Å². The van der Waals surface area contributed by atoms with E-state index in [9.17, 15) is 4.39 Å². The van der Waals surface area contributed by atoms with Crippen LogP contribution in [0.5, 0.6) is 5.75 Å². The molecule has 16 heavy (non-hydrogen) atoms. The van der Waals surface area contributed by atoms with Gasteiger partial charge in [0.25, 0.3) is 0 Å². The van der Waals surface area contributed by atoms with Crippen molar-refractivity contribution in [2.24, 2.45) is 5.92 Å². The normalized spacial score (nSPS) is 16.2. The topological polar surface area (TPSA) is 22.1 Å². The summed E-state index contributed by atoms with van der Waals surface area (Å²) in [6, 6.07) is 1.72. The van der Waals surface area contributed by atoms with Crippen molar-refractivity contribution < 1.29 is 9.13 Å². The van der Waals surface area contributed by atoms with Crippen molar-refractivity contribution in [2.45, 2.75) is 39.0 Å². The Labute approximate surface area is 95.8 Å². The molecular formula is C13H18FNO. The molecule has 0 atom stereocenters. The van der Waals surface area contributed by atoms with E-state index in [1.807, 2.05) is 0 Å². The number of pyridine rings is 1. The number of halogens is 1. The molecule has 88 valence electrons. The lowest BCUT2D eigenvalue weighted by atomic mass is 9.91. The predicted molar refractivity (Wildman–Crippen MR) is 61.1 cm³/mol. The van der Waals surface area contributed by atoms with Gasteiger partial charge in [-0.1, -0.05) is 20.8 Å². The SMILES string of the molecule is CC(C)(C)c1cc(OCC2CC2)c(F)cn1. The summed E-state index contributed by atoms with van der Waals surface area (Å²) in [4.78, 5) is 4.10. The zero-order valence-electron chi connectivity index (χ0n) is 10.1. The molecule has 1 heterocycles. The lowest BCUT2D eigenvalue weighted by Crippen LogP contribution is -2.14. The van der Waals surface area contributed by atoms with Crippen molar-refractivity contribution >= 4 is 0 Å². The molecule has 3 heteroatoms. The van der Waals surface area contributed by atoms with E-state index in [0.717, 1.165) is 5.69 Å². The Morgan fingerprint density at radius 1 is 1.44 bits per heavy atom. The van der Waals surface area contributed by atoms with Crippen molar-refractivity contribution in [3.63, 3.8) is 0 Å². The van der Waals surface area contributed by atoms with E-state index in [-0.39, 0.29) is 11.2 Å². The third-order valence-corrected chi connectivity index (χ3v) is 2.76. The summed E-state index contributed by atoms with van der Waals surface area (Å²) in [5.41, 5.74) is 0.783. The van der Waals surface area contributed by atoms with Gasteiger partial charge in [0.2, 0.25) is 0 Å². The van der Waals surface area contributed by atoms with Gasteiger partial charge in [-0.2, -0.15) is 0 Å². The zero-order valence-corrected chi connectivity index (χ0v) is 10.1. The molecule has 0 aliphatic heterocycles. The maximum Gasteiger partial charge on any atom is 0.183 e. The van der Waals surface area contributed by atoms with Crippen LogP contribution in [0.4, 0.5) is 4.39 Å². The second-order valence-corrected chi connectivity index (χ2v) is 5.50. The van der Waals surface area contributed by atoms with Crippen molar-refractivity contribution in [1.29, 1.82) is 0 Å². The largest absolute Gasteiger partial charge is 0.490 e. The zero-order chi connectivity index (χ0) is 11.8. The molecule has 1 aromatic heterocycles. The maximum absolute atomic E-state index is 13.4. The average molecular weight is 223 g/mol. The van der Waals surface area contributed by atoms with Gasteiger partial charge in [-0.25, -0.2) is 4.39 Å². The minimum Gasteiger partial charge on any atom is -0.490 e. The number of aromatic nitrogens is 1. The molecule has 1 aromatic rings. The smallest absolute Gasteiger partial charge is 0.183 e. The van der Waals surface area contributed by atoms with Crippen LogP contribution in [0.3, 0.4) is 0 Å². The molecule has 1 saturated carbocycles. The summed E-state index contributed by atoms with van der Waals surface area (Å²) in [6.45, 7) is 6.79. The first-order chi connectivity index (χ1) is 7.47. The van der Waals surface area contributed by atoms with Crippen LogP contribution < -0.4 is 4.74 Å². The summed E-state index contributed by atoms with van der Waals surface area (Å²) < 4.78 is 18.9. The number of hydrogen-bond acceptors (Lipinski definition) is 2. The van der Waals surface area contributed by atoms with Crippen molar-refractivity contribution in [3.05, 3.63) is 23.8 Å². The van der Waals surface area contributed by atoms with Gasteiger partial charge < -0.3 is 4.74 Å². The number of nitrogens with zero attached hydrogens (tertiary/aromatic N) is 1. The fraction of sp³-hybridized carbons (Fsp3) is 0.615. The first kappa shape index (κ1) is 11.4. The number of hydrogen-bond donors (Lipinski definition) is 0. The molecule has 2 nitrogen and oxygen atoms in total. The van der Waals surface area contributed by atoms with E-state index in [4.69, 9.17) is 4.74 Å². The second-order valence-electron chi connectivity index (χ2n) is 5.50. The van der Waals surface area contributed by atoms with Crippen LogP contribution >= 0.6 is 0 Å². The molecule has 0 saturated heterocycles. The van der Waals surface area contributed by atoms with Crippen LogP contribution in [-0.4, -0.2) is 11.6 Å². The summed E-state index contributed by atoms with van der Waals surface area (Å²) in [5, 5.41) is 0. The summed E-state index contributed by atoms with van der Waals surface area (Å²) in [6.07, 6.45) is 3.67. The van der Waals surface area contributed by atoms with Crippen LogP contribution in [-0.2, 0) is 5.41 Å². The molecular weight excluding hydrogens is 205 g/mol. The van der Waals surface area contributed by atoms with E-state index >= 15 is 0 Å². The molecule has 0 unspecified atom stereocenters. The lowest BCUT2D eigenvalue weighted by molar-refractivity contribution is 0.283. The van der Waals surface area contributed by atoms with Crippen molar-refractivity contribution in [3.8, 4) is 5.75 Å². The number of ether oxygens (including phenoxy) is 1. The summed E-state index contributed by atoms with van der Waals surface area (Å²) in [5.74, 6) is 0.603. The highest BCUT2D eigenvalue weighted by Crippen LogP contribution is 2.31.